The molecule has 1 fully saturated rings. The third kappa shape index (κ3) is 3.39. The van der Waals surface area contributed by atoms with Crippen LogP contribution in [0.1, 0.15) is 53.6 Å². The van der Waals surface area contributed by atoms with Crippen molar-refractivity contribution in [3.63, 3.8) is 0 Å². The van der Waals surface area contributed by atoms with Gasteiger partial charge in [-0.15, -0.1) is 12.4 Å². The molecule has 0 saturated carbocycles. The molecule has 7 heteroatoms. The Balaban J connectivity index is 0.00000208. The molecular weight excluding hydrogens is 330 g/mol. The van der Waals surface area contributed by atoms with Crippen molar-refractivity contribution in [3.8, 4) is 0 Å². The SMILES string of the molecule is CC1CNCCN1C(=O)c1cc2c([nH]c1=O)CC(C)(C)CC2=O.Cl. The van der Waals surface area contributed by atoms with Crippen LogP contribution in [0.25, 0.3) is 0 Å². The van der Waals surface area contributed by atoms with Gasteiger partial charge >= 0.3 is 0 Å². The molecule has 6 nitrogen and oxygen atoms in total. The summed E-state index contributed by atoms with van der Waals surface area (Å²) in [6.07, 6.45) is 1.07. The monoisotopic (exact) mass is 353 g/mol. The summed E-state index contributed by atoms with van der Waals surface area (Å²) in [5, 5.41) is 3.22. The number of nitrogens with zero attached hydrogens (tertiary/aromatic N) is 1. The lowest BCUT2D eigenvalue weighted by Gasteiger charge is -2.34. The van der Waals surface area contributed by atoms with Gasteiger partial charge in [-0.3, -0.25) is 14.4 Å². The number of H-pyrrole nitrogens is 1. The first-order valence-corrected chi connectivity index (χ1v) is 8.09. The Morgan fingerprint density at radius 2 is 2.00 bits per heavy atom. The van der Waals surface area contributed by atoms with E-state index in [1.807, 2.05) is 20.8 Å². The second kappa shape index (κ2) is 6.69. The van der Waals surface area contributed by atoms with Gasteiger partial charge in [0.15, 0.2) is 5.78 Å². The van der Waals surface area contributed by atoms with Crippen LogP contribution in [-0.2, 0) is 6.42 Å². The third-order valence-corrected chi connectivity index (χ3v) is 4.71. The second-order valence-corrected chi connectivity index (χ2v) is 7.40. The number of halogens is 1. The van der Waals surface area contributed by atoms with E-state index in [1.165, 1.54) is 6.07 Å². The summed E-state index contributed by atoms with van der Waals surface area (Å²) in [5.41, 5.74) is 0.665. The average molecular weight is 354 g/mol. The van der Waals surface area contributed by atoms with E-state index < -0.39 is 5.56 Å². The summed E-state index contributed by atoms with van der Waals surface area (Å²) >= 11 is 0. The van der Waals surface area contributed by atoms with Crippen molar-refractivity contribution in [2.45, 2.75) is 39.7 Å². The molecule has 3 rings (SSSR count). The van der Waals surface area contributed by atoms with Crippen LogP contribution in [0.5, 0.6) is 0 Å². The number of Topliss-reactive ketones (excluding diaryl/α,β-unsaturated/α-hetero) is 1. The quantitative estimate of drug-likeness (QED) is 0.799. The number of aromatic nitrogens is 1. The Hall–Kier alpha value is -1.66. The normalized spacial score (nSPS) is 22.5. The van der Waals surface area contributed by atoms with Gasteiger partial charge in [-0.2, -0.15) is 0 Å². The molecule has 1 aromatic rings. The van der Waals surface area contributed by atoms with E-state index in [1.54, 1.807) is 4.90 Å². The summed E-state index contributed by atoms with van der Waals surface area (Å²) in [6.45, 7) is 7.96. The first kappa shape index (κ1) is 18.7. The number of piperazine rings is 1. The molecular formula is C17H24ClN3O3. The molecule has 0 radical (unpaired) electrons. The number of carbonyl (C=O) groups excluding carboxylic acids is 2. The number of aromatic amines is 1. The standard InChI is InChI=1S/C17H23N3O3.ClH/c1-10-9-18-4-5-20(10)16(23)12-6-11-13(19-15(12)22)7-17(2,3)8-14(11)21;/h6,10,18H,4-5,7-9H2,1-3H3,(H,19,22);1H. The Kier molecular flexibility index (Phi) is 5.20. The third-order valence-electron chi connectivity index (χ3n) is 4.71. The number of hydrogen-bond donors (Lipinski definition) is 2. The summed E-state index contributed by atoms with van der Waals surface area (Å²) < 4.78 is 0. The summed E-state index contributed by atoms with van der Waals surface area (Å²) in [6, 6.07) is 1.53. The molecule has 1 aromatic heterocycles. The predicted octanol–water partition coefficient (Wildman–Crippen LogP) is 1.39. The fraction of sp³-hybridized carbons (Fsp3) is 0.588. The van der Waals surface area contributed by atoms with E-state index >= 15 is 0 Å². The van der Waals surface area contributed by atoms with Crippen molar-refractivity contribution >= 4 is 24.1 Å². The maximum Gasteiger partial charge on any atom is 0.261 e. The van der Waals surface area contributed by atoms with Crippen LogP contribution < -0.4 is 10.9 Å². The molecule has 1 atom stereocenters. The molecule has 2 N–H and O–H groups in total. The lowest BCUT2D eigenvalue weighted by molar-refractivity contribution is 0.0654. The predicted molar refractivity (Wildman–Crippen MR) is 94.1 cm³/mol. The summed E-state index contributed by atoms with van der Waals surface area (Å²) in [5.74, 6) is -0.296. The molecule has 1 saturated heterocycles. The number of ketones is 1. The van der Waals surface area contributed by atoms with E-state index in [4.69, 9.17) is 0 Å². The van der Waals surface area contributed by atoms with Crippen molar-refractivity contribution in [2.24, 2.45) is 5.41 Å². The largest absolute Gasteiger partial charge is 0.333 e. The molecule has 0 aromatic carbocycles. The lowest BCUT2D eigenvalue weighted by atomic mass is 9.75. The number of nitrogens with one attached hydrogen (secondary N) is 2. The molecule has 2 aliphatic rings. The highest BCUT2D eigenvalue weighted by atomic mass is 35.5. The second-order valence-electron chi connectivity index (χ2n) is 7.40. The minimum absolute atomic E-state index is 0. The van der Waals surface area contributed by atoms with E-state index in [-0.39, 0.29) is 41.1 Å². The first-order chi connectivity index (χ1) is 10.8. The molecule has 1 aliphatic carbocycles. The number of pyridine rings is 1. The number of hydrogen-bond acceptors (Lipinski definition) is 4. The zero-order valence-corrected chi connectivity index (χ0v) is 15.1. The van der Waals surface area contributed by atoms with Crippen molar-refractivity contribution in [3.05, 3.63) is 33.2 Å². The van der Waals surface area contributed by atoms with Crippen LogP contribution >= 0.6 is 12.4 Å². The van der Waals surface area contributed by atoms with Crippen molar-refractivity contribution in [1.29, 1.82) is 0 Å². The van der Waals surface area contributed by atoms with Crippen molar-refractivity contribution in [1.82, 2.24) is 15.2 Å². The number of rotatable bonds is 1. The Morgan fingerprint density at radius 1 is 1.29 bits per heavy atom. The lowest BCUT2D eigenvalue weighted by Crippen LogP contribution is -2.53. The maximum absolute atomic E-state index is 12.7. The Bertz CT molecular complexity index is 726. The van der Waals surface area contributed by atoms with Gasteiger partial charge < -0.3 is 15.2 Å². The van der Waals surface area contributed by atoms with Crippen LogP contribution in [0.3, 0.4) is 0 Å². The van der Waals surface area contributed by atoms with Gasteiger partial charge in [-0.25, -0.2) is 0 Å². The highest BCUT2D eigenvalue weighted by Crippen LogP contribution is 2.33. The minimum Gasteiger partial charge on any atom is -0.333 e. The average Bonchev–Trinajstić information content (AvgIpc) is 2.45. The van der Waals surface area contributed by atoms with Gasteiger partial charge in [0.05, 0.1) is 0 Å². The van der Waals surface area contributed by atoms with Crippen molar-refractivity contribution < 1.29 is 9.59 Å². The first-order valence-electron chi connectivity index (χ1n) is 8.09. The van der Waals surface area contributed by atoms with E-state index in [0.717, 1.165) is 0 Å². The summed E-state index contributed by atoms with van der Waals surface area (Å²) in [7, 11) is 0. The zero-order valence-electron chi connectivity index (χ0n) is 14.3. The number of carbonyl (C=O) groups is 2. The van der Waals surface area contributed by atoms with Gasteiger partial charge in [0.25, 0.3) is 11.5 Å². The molecule has 24 heavy (non-hydrogen) atoms. The van der Waals surface area contributed by atoms with Crippen LogP contribution in [0, 0.1) is 5.41 Å². The van der Waals surface area contributed by atoms with E-state index in [2.05, 4.69) is 10.3 Å². The van der Waals surface area contributed by atoms with Crippen molar-refractivity contribution in [2.75, 3.05) is 19.6 Å². The van der Waals surface area contributed by atoms with E-state index in [0.29, 0.717) is 43.7 Å². The molecule has 0 bridgehead atoms. The van der Waals surface area contributed by atoms with Gasteiger partial charge in [0.2, 0.25) is 0 Å². The van der Waals surface area contributed by atoms with E-state index in [9.17, 15) is 14.4 Å². The number of fused-ring (bicyclic) bond motifs is 1. The molecule has 1 aliphatic heterocycles. The molecule has 132 valence electrons. The molecule has 1 unspecified atom stereocenters. The topological polar surface area (TPSA) is 82.3 Å². The minimum atomic E-state index is -0.398. The summed E-state index contributed by atoms with van der Waals surface area (Å²) in [4.78, 5) is 41.9. The highest BCUT2D eigenvalue weighted by molar-refractivity contribution is 6.02. The smallest absolute Gasteiger partial charge is 0.261 e. The Labute approximate surface area is 147 Å². The zero-order chi connectivity index (χ0) is 16.8. The van der Waals surface area contributed by atoms with Gasteiger partial charge in [0.1, 0.15) is 5.56 Å². The maximum atomic E-state index is 12.7. The molecule has 1 amide bonds. The van der Waals surface area contributed by atoms with Crippen LogP contribution in [-0.4, -0.2) is 47.3 Å². The Morgan fingerprint density at radius 3 is 2.67 bits per heavy atom. The van der Waals surface area contributed by atoms with Crippen LogP contribution in [0.4, 0.5) is 0 Å². The van der Waals surface area contributed by atoms with Crippen LogP contribution in [0.15, 0.2) is 10.9 Å². The fourth-order valence-electron chi connectivity index (χ4n) is 3.48. The highest BCUT2D eigenvalue weighted by Gasteiger charge is 2.34. The van der Waals surface area contributed by atoms with Gasteiger partial charge in [-0.1, -0.05) is 13.8 Å². The molecule has 0 spiro atoms. The van der Waals surface area contributed by atoms with Crippen LogP contribution in [0.2, 0.25) is 0 Å². The van der Waals surface area contributed by atoms with Gasteiger partial charge in [0, 0.05) is 43.4 Å². The fourth-order valence-corrected chi connectivity index (χ4v) is 3.48. The molecule has 2 heterocycles. The van der Waals surface area contributed by atoms with Gasteiger partial charge in [-0.05, 0) is 24.8 Å². The number of amides is 1.